The summed E-state index contributed by atoms with van der Waals surface area (Å²) in [4.78, 5) is 10.9. The lowest BCUT2D eigenvalue weighted by atomic mass is 10.00. The molecule has 0 aromatic carbocycles. The van der Waals surface area contributed by atoms with Crippen molar-refractivity contribution in [2.24, 2.45) is 0 Å². The fourth-order valence-corrected chi connectivity index (χ4v) is 1.49. The van der Waals surface area contributed by atoms with Gasteiger partial charge >= 0.3 is 0 Å². The Morgan fingerprint density at radius 2 is 2.00 bits per heavy atom. The van der Waals surface area contributed by atoms with Crippen LogP contribution in [0.5, 0.6) is 0 Å². The lowest BCUT2D eigenvalue weighted by Gasteiger charge is -2.13. The van der Waals surface area contributed by atoms with Gasteiger partial charge in [0.2, 0.25) is 0 Å². The van der Waals surface area contributed by atoms with Crippen LogP contribution < -0.4 is 0 Å². The van der Waals surface area contributed by atoms with E-state index in [1.807, 2.05) is 13.8 Å². The quantitative estimate of drug-likeness (QED) is 0.558. The van der Waals surface area contributed by atoms with Crippen LogP contribution in [0.15, 0.2) is 0 Å². The minimum absolute atomic E-state index is 0.177. The Morgan fingerprint density at radius 1 is 1.40 bits per heavy atom. The van der Waals surface area contributed by atoms with Crippen LogP contribution in [0.1, 0.15) is 39.5 Å². The molecule has 0 aromatic rings. The first-order valence-electron chi connectivity index (χ1n) is 3.97. The lowest BCUT2D eigenvalue weighted by molar-refractivity contribution is -0.119. The second kappa shape index (κ2) is 5.90. The summed E-state index contributed by atoms with van der Waals surface area (Å²) in [5, 5.41) is 0. The molecular weight excluding hydrogens is 192 g/mol. The molecule has 1 aliphatic carbocycles. The van der Waals surface area contributed by atoms with E-state index in [1.54, 1.807) is 0 Å². The van der Waals surface area contributed by atoms with Crippen molar-refractivity contribution in [3.05, 3.63) is 0 Å². The zero-order chi connectivity index (χ0) is 7.98. The number of hydrogen-bond donors (Lipinski definition) is 0. The molecular formula is C8H15BrO. The summed E-state index contributed by atoms with van der Waals surface area (Å²) in [5.74, 6) is 0.385. The number of rotatable bonds is 0. The molecule has 60 valence electrons. The van der Waals surface area contributed by atoms with Crippen molar-refractivity contribution in [1.82, 2.24) is 0 Å². The number of carbonyl (C=O) groups excluding carboxylic acids is 1. The molecule has 1 nitrogen and oxygen atoms in total. The topological polar surface area (TPSA) is 17.1 Å². The molecule has 0 amide bonds. The molecule has 1 fully saturated rings. The molecule has 0 spiro atoms. The molecule has 1 rings (SSSR count). The Bertz CT molecular complexity index is 101. The third-order valence-electron chi connectivity index (χ3n) is 1.48. The van der Waals surface area contributed by atoms with Crippen LogP contribution in [-0.2, 0) is 4.79 Å². The second-order valence-electron chi connectivity index (χ2n) is 2.18. The summed E-state index contributed by atoms with van der Waals surface area (Å²) in [6.07, 6.45) is 4.14. The smallest absolute Gasteiger partial charge is 0.146 e. The number of carbonyl (C=O) groups is 1. The molecule has 0 bridgehead atoms. The van der Waals surface area contributed by atoms with E-state index in [4.69, 9.17) is 0 Å². The van der Waals surface area contributed by atoms with E-state index in [-0.39, 0.29) is 4.83 Å². The minimum atomic E-state index is 0.177. The van der Waals surface area contributed by atoms with Gasteiger partial charge in [0.15, 0.2) is 0 Å². The van der Waals surface area contributed by atoms with Crippen molar-refractivity contribution in [3.63, 3.8) is 0 Å². The molecule has 1 aliphatic rings. The zero-order valence-corrected chi connectivity index (χ0v) is 8.28. The molecule has 0 saturated heterocycles. The van der Waals surface area contributed by atoms with E-state index in [1.165, 1.54) is 6.42 Å². The third-order valence-corrected chi connectivity index (χ3v) is 2.45. The Hall–Kier alpha value is 0.150. The summed E-state index contributed by atoms with van der Waals surface area (Å²) < 4.78 is 0. The van der Waals surface area contributed by atoms with E-state index in [2.05, 4.69) is 15.9 Å². The van der Waals surface area contributed by atoms with Gasteiger partial charge in [0.1, 0.15) is 5.78 Å². The Labute approximate surface area is 71.3 Å². The first-order chi connectivity index (χ1) is 4.80. The molecule has 0 radical (unpaired) electrons. The first-order valence-corrected chi connectivity index (χ1v) is 4.89. The van der Waals surface area contributed by atoms with Crippen molar-refractivity contribution in [2.45, 2.75) is 44.4 Å². The van der Waals surface area contributed by atoms with Gasteiger partial charge in [-0.25, -0.2) is 0 Å². The highest BCUT2D eigenvalue weighted by molar-refractivity contribution is 9.10. The monoisotopic (exact) mass is 206 g/mol. The molecule has 1 saturated carbocycles. The predicted molar refractivity (Wildman–Crippen MR) is 47.5 cm³/mol. The van der Waals surface area contributed by atoms with Crippen molar-refractivity contribution < 1.29 is 4.79 Å². The number of Topliss-reactive ketones (excluding diaryl/α,β-unsaturated/α-hetero) is 1. The van der Waals surface area contributed by atoms with Gasteiger partial charge in [0.05, 0.1) is 4.83 Å². The van der Waals surface area contributed by atoms with Crippen LogP contribution in [0.4, 0.5) is 0 Å². The fourth-order valence-electron chi connectivity index (χ4n) is 0.940. The van der Waals surface area contributed by atoms with E-state index in [9.17, 15) is 4.79 Å². The Kier molecular flexibility index (Phi) is 5.99. The number of alkyl halides is 1. The van der Waals surface area contributed by atoms with Gasteiger partial charge in [-0.1, -0.05) is 36.2 Å². The van der Waals surface area contributed by atoms with Crippen LogP contribution in [0, 0.1) is 0 Å². The van der Waals surface area contributed by atoms with E-state index in [0.717, 1.165) is 19.3 Å². The molecule has 10 heavy (non-hydrogen) atoms. The molecule has 0 aromatic heterocycles. The number of ketones is 1. The third kappa shape index (κ3) is 3.35. The highest BCUT2D eigenvalue weighted by Gasteiger charge is 2.17. The normalized spacial score (nSPS) is 25.1. The number of hydrogen-bond acceptors (Lipinski definition) is 1. The van der Waals surface area contributed by atoms with E-state index in [0.29, 0.717) is 5.78 Å². The molecule has 1 unspecified atom stereocenters. The van der Waals surface area contributed by atoms with Crippen LogP contribution in [0.2, 0.25) is 0 Å². The summed E-state index contributed by atoms with van der Waals surface area (Å²) in [7, 11) is 0. The Morgan fingerprint density at radius 3 is 2.30 bits per heavy atom. The van der Waals surface area contributed by atoms with Gasteiger partial charge in [-0.2, -0.15) is 0 Å². The average Bonchev–Trinajstić information content (AvgIpc) is 2.00. The van der Waals surface area contributed by atoms with Crippen molar-refractivity contribution in [2.75, 3.05) is 0 Å². The number of halogens is 1. The molecule has 2 heteroatoms. The average molecular weight is 207 g/mol. The summed E-state index contributed by atoms with van der Waals surface area (Å²) in [5.41, 5.74) is 0. The minimum Gasteiger partial charge on any atom is -0.298 e. The first kappa shape index (κ1) is 10.2. The van der Waals surface area contributed by atoms with E-state index < -0.39 is 0 Å². The summed E-state index contributed by atoms with van der Waals surface area (Å²) in [6.45, 7) is 4.00. The zero-order valence-electron chi connectivity index (χ0n) is 6.69. The highest BCUT2D eigenvalue weighted by Crippen LogP contribution is 2.20. The Balaban J connectivity index is 0.000000371. The SMILES string of the molecule is CC.O=C1CCCCC1Br. The van der Waals surface area contributed by atoms with E-state index >= 15 is 0 Å². The van der Waals surface area contributed by atoms with Gasteiger partial charge < -0.3 is 0 Å². The van der Waals surface area contributed by atoms with Crippen molar-refractivity contribution in [3.8, 4) is 0 Å². The maximum atomic E-state index is 10.7. The van der Waals surface area contributed by atoms with Crippen LogP contribution in [-0.4, -0.2) is 10.6 Å². The van der Waals surface area contributed by atoms with Gasteiger partial charge in [0, 0.05) is 6.42 Å². The molecule has 0 N–H and O–H groups in total. The van der Waals surface area contributed by atoms with Gasteiger partial charge in [-0.3, -0.25) is 4.79 Å². The summed E-state index contributed by atoms with van der Waals surface area (Å²) in [6, 6.07) is 0. The van der Waals surface area contributed by atoms with Gasteiger partial charge in [0.25, 0.3) is 0 Å². The largest absolute Gasteiger partial charge is 0.298 e. The van der Waals surface area contributed by atoms with Crippen LogP contribution >= 0.6 is 15.9 Å². The molecule has 0 aliphatic heterocycles. The fraction of sp³-hybridized carbons (Fsp3) is 0.875. The van der Waals surface area contributed by atoms with Crippen LogP contribution in [0.3, 0.4) is 0 Å². The summed E-state index contributed by atoms with van der Waals surface area (Å²) >= 11 is 3.30. The van der Waals surface area contributed by atoms with Gasteiger partial charge in [-0.05, 0) is 12.8 Å². The van der Waals surface area contributed by atoms with Crippen LogP contribution in [0.25, 0.3) is 0 Å². The highest BCUT2D eigenvalue weighted by atomic mass is 79.9. The van der Waals surface area contributed by atoms with Crippen molar-refractivity contribution >= 4 is 21.7 Å². The second-order valence-corrected chi connectivity index (χ2v) is 3.28. The van der Waals surface area contributed by atoms with Crippen molar-refractivity contribution in [1.29, 1.82) is 0 Å². The maximum Gasteiger partial charge on any atom is 0.146 e. The molecule has 1 atom stereocenters. The maximum absolute atomic E-state index is 10.7. The standard InChI is InChI=1S/C6H9BrO.C2H6/c7-5-3-1-2-4-6(5)8;1-2/h5H,1-4H2;1-2H3. The lowest BCUT2D eigenvalue weighted by Crippen LogP contribution is -2.17. The predicted octanol–water partition coefficient (Wildman–Crippen LogP) is 2.92. The van der Waals surface area contributed by atoms with Gasteiger partial charge in [-0.15, -0.1) is 0 Å². The molecule has 0 heterocycles.